The SMILES string of the molecule is C=CCOS(=O)(=O)O.[Ca+2].[H-].[H-]. The molecule has 0 spiro atoms. The molecule has 9 heavy (non-hydrogen) atoms. The van der Waals surface area contributed by atoms with Crippen LogP contribution in [0.5, 0.6) is 0 Å². The van der Waals surface area contributed by atoms with Gasteiger partial charge in [0.2, 0.25) is 0 Å². The van der Waals surface area contributed by atoms with Crippen molar-refractivity contribution in [2.45, 2.75) is 0 Å². The first kappa shape index (κ1) is 12.5. The molecule has 0 heterocycles. The van der Waals surface area contributed by atoms with Gasteiger partial charge in [0.05, 0.1) is 6.61 Å². The van der Waals surface area contributed by atoms with Gasteiger partial charge in [0.15, 0.2) is 0 Å². The molecule has 0 aliphatic carbocycles. The monoisotopic (exact) mass is 180 g/mol. The van der Waals surface area contributed by atoms with Crippen LogP contribution in [-0.2, 0) is 14.6 Å². The molecular weight excluding hydrogens is 172 g/mol. The average Bonchev–Trinajstić information content (AvgIpc) is 1.59. The first-order chi connectivity index (χ1) is 3.56. The normalized spacial score (nSPS) is 9.89. The first-order valence-electron chi connectivity index (χ1n) is 1.79. The van der Waals surface area contributed by atoms with E-state index in [9.17, 15) is 8.42 Å². The zero-order chi connectivity index (χ0) is 6.62. The molecule has 0 aliphatic rings. The molecule has 0 atom stereocenters. The van der Waals surface area contributed by atoms with Crippen molar-refractivity contribution < 1.29 is 20.0 Å². The Labute approximate surface area is 86.8 Å². The van der Waals surface area contributed by atoms with Gasteiger partial charge in [-0.05, 0) is 0 Å². The fourth-order valence-corrected chi connectivity index (χ4v) is 0.402. The van der Waals surface area contributed by atoms with Crippen LogP contribution in [0.4, 0.5) is 0 Å². The van der Waals surface area contributed by atoms with Crippen LogP contribution < -0.4 is 0 Å². The predicted molar refractivity (Wildman–Crippen MR) is 35.7 cm³/mol. The summed E-state index contributed by atoms with van der Waals surface area (Å²) in [5.41, 5.74) is 0. The molecule has 4 nitrogen and oxygen atoms in total. The standard InChI is InChI=1S/C3H6O4S.Ca.2H/c1-2-3-7-8(4,5)6;;;/h2H,1,3H2,(H,4,5,6);;;/q;+2;2*-1. The summed E-state index contributed by atoms with van der Waals surface area (Å²) in [5.74, 6) is 0. The minimum atomic E-state index is -4.26. The summed E-state index contributed by atoms with van der Waals surface area (Å²) in [6.07, 6.45) is 1.22. The van der Waals surface area contributed by atoms with E-state index in [0.29, 0.717) is 0 Å². The zero-order valence-corrected chi connectivity index (χ0v) is 7.80. The molecule has 0 radical (unpaired) electrons. The maximum Gasteiger partial charge on any atom is 2.00 e. The minimum Gasteiger partial charge on any atom is -1.00 e. The van der Waals surface area contributed by atoms with Crippen LogP contribution in [0.25, 0.3) is 0 Å². The molecule has 0 saturated heterocycles. The van der Waals surface area contributed by atoms with E-state index in [1.54, 1.807) is 0 Å². The van der Waals surface area contributed by atoms with Crippen LogP contribution in [0.1, 0.15) is 2.85 Å². The van der Waals surface area contributed by atoms with Crippen molar-refractivity contribution in [3.63, 3.8) is 0 Å². The van der Waals surface area contributed by atoms with Crippen LogP contribution in [0.3, 0.4) is 0 Å². The van der Waals surface area contributed by atoms with Crippen LogP contribution in [0.15, 0.2) is 12.7 Å². The molecule has 0 aliphatic heterocycles. The summed E-state index contributed by atoms with van der Waals surface area (Å²) in [6.45, 7) is 2.97. The Morgan fingerprint density at radius 1 is 1.78 bits per heavy atom. The van der Waals surface area contributed by atoms with Crippen LogP contribution >= 0.6 is 0 Å². The summed E-state index contributed by atoms with van der Waals surface area (Å²) in [7, 11) is -4.26. The van der Waals surface area contributed by atoms with Crippen LogP contribution in [-0.4, -0.2) is 57.3 Å². The average molecular weight is 180 g/mol. The van der Waals surface area contributed by atoms with Crippen LogP contribution in [0.2, 0.25) is 0 Å². The van der Waals surface area contributed by atoms with E-state index >= 15 is 0 Å². The molecule has 0 aromatic carbocycles. The Morgan fingerprint density at radius 2 is 2.22 bits per heavy atom. The van der Waals surface area contributed by atoms with E-state index in [2.05, 4.69) is 10.8 Å². The second-order valence-corrected chi connectivity index (χ2v) is 2.09. The predicted octanol–water partition coefficient (Wildman–Crippen LogP) is -0.164. The van der Waals surface area contributed by atoms with Gasteiger partial charge in [-0.3, -0.25) is 4.55 Å². The molecule has 0 aromatic rings. The molecule has 0 rings (SSSR count). The number of rotatable bonds is 3. The summed E-state index contributed by atoms with van der Waals surface area (Å²) < 4.78 is 31.0. The fraction of sp³-hybridized carbons (Fsp3) is 0.333. The third kappa shape index (κ3) is 12.1. The van der Waals surface area contributed by atoms with Crippen LogP contribution in [0, 0.1) is 0 Å². The van der Waals surface area contributed by atoms with Crippen molar-refractivity contribution in [1.82, 2.24) is 0 Å². The van der Waals surface area contributed by atoms with Gasteiger partial charge in [-0.25, -0.2) is 4.18 Å². The van der Waals surface area contributed by atoms with E-state index in [4.69, 9.17) is 4.55 Å². The third-order valence-corrected chi connectivity index (χ3v) is 0.769. The molecule has 0 saturated carbocycles. The summed E-state index contributed by atoms with van der Waals surface area (Å²) in [6, 6.07) is 0. The minimum absolute atomic E-state index is 0. The van der Waals surface area contributed by atoms with E-state index in [-0.39, 0.29) is 47.2 Å². The van der Waals surface area contributed by atoms with Gasteiger partial charge in [0.25, 0.3) is 0 Å². The topological polar surface area (TPSA) is 63.6 Å². The third-order valence-electron chi connectivity index (χ3n) is 0.335. The van der Waals surface area contributed by atoms with E-state index in [0.717, 1.165) is 0 Å². The molecule has 52 valence electrons. The van der Waals surface area contributed by atoms with Crippen molar-refractivity contribution in [2.24, 2.45) is 0 Å². The van der Waals surface area contributed by atoms with Gasteiger partial charge in [-0.1, -0.05) is 6.08 Å². The molecule has 1 N–H and O–H groups in total. The quantitative estimate of drug-likeness (QED) is 0.372. The Bertz CT molecular complexity index is 168. The Balaban J connectivity index is -0.0000000817. The zero-order valence-electron chi connectivity index (χ0n) is 6.78. The maximum atomic E-state index is 9.68. The van der Waals surface area contributed by atoms with Gasteiger partial charge in [0.1, 0.15) is 0 Å². The van der Waals surface area contributed by atoms with Crippen molar-refractivity contribution in [3.8, 4) is 0 Å². The summed E-state index contributed by atoms with van der Waals surface area (Å²) in [4.78, 5) is 0. The number of hydrogen-bond acceptors (Lipinski definition) is 3. The second kappa shape index (κ2) is 5.64. The number of hydrogen-bond donors (Lipinski definition) is 1. The van der Waals surface area contributed by atoms with Gasteiger partial charge in [-0.2, -0.15) is 8.42 Å². The fourth-order valence-electron chi connectivity index (χ4n) is 0.134. The second-order valence-electron chi connectivity index (χ2n) is 1.00. The van der Waals surface area contributed by atoms with Crippen molar-refractivity contribution in [2.75, 3.05) is 6.61 Å². The van der Waals surface area contributed by atoms with Gasteiger partial charge >= 0.3 is 48.1 Å². The Morgan fingerprint density at radius 3 is 2.33 bits per heavy atom. The van der Waals surface area contributed by atoms with Crippen molar-refractivity contribution in [1.29, 1.82) is 0 Å². The molecule has 0 unspecified atom stereocenters. The van der Waals surface area contributed by atoms with E-state index in [1.807, 2.05) is 0 Å². The van der Waals surface area contributed by atoms with Crippen molar-refractivity contribution in [3.05, 3.63) is 12.7 Å². The molecule has 0 amide bonds. The van der Waals surface area contributed by atoms with Gasteiger partial charge in [-0.15, -0.1) is 6.58 Å². The Hall–Kier alpha value is 0.870. The first-order valence-corrected chi connectivity index (χ1v) is 3.15. The summed E-state index contributed by atoms with van der Waals surface area (Å²) in [5, 5.41) is 0. The largest absolute Gasteiger partial charge is 2.00 e. The maximum absolute atomic E-state index is 9.68. The van der Waals surface area contributed by atoms with E-state index < -0.39 is 10.4 Å². The molecule has 6 heteroatoms. The van der Waals surface area contributed by atoms with Gasteiger partial charge < -0.3 is 2.85 Å². The Kier molecular flexibility index (Phi) is 7.86. The molecule has 0 bridgehead atoms. The van der Waals surface area contributed by atoms with Gasteiger partial charge in [0, 0.05) is 0 Å². The van der Waals surface area contributed by atoms with Crippen molar-refractivity contribution >= 4 is 48.1 Å². The van der Waals surface area contributed by atoms with E-state index in [1.165, 1.54) is 6.08 Å². The summed E-state index contributed by atoms with van der Waals surface area (Å²) >= 11 is 0. The smallest absolute Gasteiger partial charge is 1.00 e. The molecule has 0 fully saturated rings. The molecule has 0 aromatic heterocycles. The molecular formula is C3H8CaO4S.